The number of carbonyl (C=O) groups excluding carboxylic acids is 1. The number of rotatable bonds is 8. The number of ether oxygens (including phenoxy) is 2. The molecule has 0 spiro atoms. The van der Waals surface area contributed by atoms with Crippen molar-refractivity contribution in [3.8, 4) is 11.5 Å². The molecule has 0 saturated carbocycles. The van der Waals surface area contributed by atoms with Crippen LogP contribution in [0.3, 0.4) is 0 Å². The molecular weight excluding hydrogens is 460 g/mol. The van der Waals surface area contributed by atoms with E-state index in [1.807, 2.05) is 23.6 Å². The Balaban J connectivity index is 1.42. The first kappa shape index (κ1) is 23.3. The summed E-state index contributed by atoms with van der Waals surface area (Å²) in [6.45, 7) is 1.18. The van der Waals surface area contributed by atoms with E-state index in [1.54, 1.807) is 43.8 Å². The zero-order valence-corrected chi connectivity index (χ0v) is 20.2. The quantitative estimate of drug-likeness (QED) is 0.527. The molecule has 7 nitrogen and oxygen atoms in total. The fourth-order valence-electron chi connectivity index (χ4n) is 3.85. The van der Waals surface area contributed by atoms with Crippen LogP contribution in [0.2, 0.25) is 0 Å². The number of hydrogen-bond acceptors (Lipinski definition) is 6. The highest BCUT2D eigenvalue weighted by Gasteiger charge is 2.29. The van der Waals surface area contributed by atoms with Crippen molar-refractivity contribution in [2.45, 2.75) is 24.3 Å². The Labute approximate surface area is 198 Å². The summed E-state index contributed by atoms with van der Waals surface area (Å²) >= 11 is 1.66. The monoisotopic (exact) mass is 486 g/mol. The molecule has 0 saturated heterocycles. The van der Waals surface area contributed by atoms with Gasteiger partial charge in [-0.15, -0.1) is 11.3 Å². The third-order valence-corrected chi connectivity index (χ3v) is 8.54. The summed E-state index contributed by atoms with van der Waals surface area (Å²) in [6, 6.07) is 13.7. The number of amides is 1. The van der Waals surface area contributed by atoms with Gasteiger partial charge in [0.25, 0.3) is 5.91 Å². The minimum Gasteiger partial charge on any atom is -0.497 e. The van der Waals surface area contributed by atoms with Crippen LogP contribution in [0.15, 0.2) is 58.8 Å². The molecule has 1 N–H and O–H groups in total. The van der Waals surface area contributed by atoms with Crippen LogP contribution in [-0.4, -0.2) is 45.9 Å². The van der Waals surface area contributed by atoms with E-state index in [4.69, 9.17) is 9.47 Å². The lowest BCUT2D eigenvalue weighted by Gasteiger charge is -2.26. The molecule has 0 aliphatic carbocycles. The number of fused-ring (bicyclic) bond motifs is 1. The summed E-state index contributed by atoms with van der Waals surface area (Å²) < 4.78 is 38.5. The van der Waals surface area contributed by atoms with Crippen LogP contribution in [-0.2, 0) is 29.4 Å². The molecule has 0 fully saturated rings. The highest BCUT2D eigenvalue weighted by molar-refractivity contribution is 7.89. The summed E-state index contributed by atoms with van der Waals surface area (Å²) in [5.41, 5.74) is 2.30. The van der Waals surface area contributed by atoms with Gasteiger partial charge in [-0.2, -0.15) is 4.31 Å². The van der Waals surface area contributed by atoms with E-state index in [-0.39, 0.29) is 10.8 Å². The van der Waals surface area contributed by atoms with Crippen molar-refractivity contribution in [1.82, 2.24) is 9.62 Å². The molecule has 33 heavy (non-hydrogen) atoms. The van der Waals surface area contributed by atoms with E-state index in [2.05, 4.69) is 5.32 Å². The summed E-state index contributed by atoms with van der Waals surface area (Å²) in [5, 5.41) is 4.86. The predicted octanol–water partition coefficient (Wildman–Crippen LogP) is 3.48. The first-order valence-electron chi connectivity index (χ1n) is 10.6. The van der Waals surface area contributed by atoms with Crippen LogP contribution in [0, 0.1) is 0 Å². The number of carbonyl (C=O) groups is 1. The topological polar surface area (TPSA) is 84.9 Å². The summed E-state index contributed by atoms with van der Waals surface area (Å²) in [5.74, 6) is 1.06. The minimum absolute atomic E-state index is 0.130. The van der Waals surface area contributed by atoms with Gasteiger partial charge < -0.3 is 14.8 Å². The number of nitrogens with zero attached hydrogens (tertiary/aromatic N) is 1. The van der Waals surface area contributed by atoms with Gasteiger partial charge in [0.1, 0.15) is 11.5 Å². The zero-order chi connectivity index (χ0) is 23.4. The lowest BCUT2D eigenvalue weighted by Crippen LogP contribution is -2.35. The predicted molar refractivity (Wildman–Crippen MR) is 128 cm³/mol. The molecule has 2 heterocycles. The molecule has 1 amide bonds. The van der Waals surface area contributed by atoms with Crippen LogP contribution < -0.4 is 14.8 Å². The molecule has 0 atom stereocenters. The second-order valence-electron chi connectivity index (χ2n) is 7.67. The zero-order valence-electron chi connectivity index (χ0n) is 18.5. The Morgan fingerprint density at radius 1 is 1.12 bits per heavy atom. The van der Waals surface area contributed by atoms with Gasteiger partial charge in [-0.25, -0.2) is 8.42 Å². The van der Waals surface area contributed by atoms with Gasteiger partial charge in [0, 0.05) is 36.1 Å². The van der Waals surface area contributed by atoms with Gasteiger partial charge in [-0.05, 0) is 59.7 Å². The third-order valence-electron chi connectivity index (χ3n) is 5.68. The van der Waals surface area contributed by atoms with Crippen LogP contribution in [0.1, 0.15) is 26.4 Å². The van der Waals surface area contributed by atoms with Crippen molar-refractivity contribution in [2.75, 3.05) is 27.3 Å². The van der Waals surface area contributed by atoms with Gasteiger partial charge in [0.2, 0.25) is 10.0 Å². The Morgan fingerprint density at radius 2 is 1.97 bits per heavy atom. The molecule has 3 aromatic rings. The lowest BCUT2D eigenvalue weighted by molar-refractivity contribution is 0.0954. The molecule has 1 aliphatic heterocycles. The van der Waals surface area contributed by atoms with Gasteiger partial charge in [0.05, 0.1) is 19.1 Å². The minimum atomic E-state index is -3.69. The van der Waals surface area contributed by atoms with Crippen LogP contribution in [0.4, 0.5) is 0 Å². The highest BCUT2D eigenvalue weighted by atomic mass is 32.2. The van der Waals surface area contributed by atoms with Crippen molar-refractivity contribution in [1.29, 1.82) is 0 Å². The SMILES string of the molecule is COc1ccc(CCNC(=O)c2cccc(S(=O)(=O)N3CCc4sccc4C3)c2)c(OC)c1. The molecular formula is C24H26N2O5S2. The number of nitrogens with one attached hydrogen (secondary N) is 1. The molecule has 9 heteroatoms. The number of hydrogen-bond donors (Lipinski definition) is 1. The molecule has 2 aromatic carbocycles. The Bertz CT molecular complexity index is 1250. The van der Waals surface area contributed by atoms with Gasteiger partial charge in [0.15, 0.2) is 0 Å². The Hall–Kier alpha value is -2.88. The van der Waals surface area contributed by atoms with Crippen LogP contribution in [0.5, 0.6) is 11.5 Å². The van der Waals surface area contributed by atoms with Gasteiger partial charge in [-0.3, -0.25) is 4.79 Å². The van der Waals surface area contributed by atoms with E-state index >= 15 is 0 Å². The standard InChI is InChI=1S/C24H26N2O5S2/c1-30-20-7-6-17(22(15-20)31-2)8-11-25-24(27)18-4-3-5-21(14-18)33(28,29)26-12-9-23-19(16-26)10-13-32-23/h3-7,10,13-15H,8-9,11-12,16H2,1-2H3,(H,25,27). The molecule has 0 unspecified atom stereocenters. The lowest BCUT2D eigenvalue weighted by atomic mass is 10.1. The summed E-state index contributed by atoms with van der Waals surface area (Å²) in [4.78, 5) is 14.1. The van der Waals surface area contributed by atoms with Crippen molar-refractivity contribution in [2.24, 2.45) is 0 Å². The molecule has 1 aromatic heterocycles. The van der Waals surface area contributed by atoms with Gasteiger partial charge >= 0.3 is 0 Å². The molecule has 1 aliphatic rings. The fraction of sp³-hybridized carbons (Fsp3) is 0.292. The van der Waals surface area contributed by atoms with E-state index in [0.717, 1.165) is 11.1 Å². The molecule has 174 valence electrons. The normalized spacial score (nSPS) is 13.9. The number of sulfonamides is 1. The summed E-state index contributed by atoms with van der Waals surface area (Å²) in [7, 11) is -0.510. The van der Waals surface area contributed by atoms with E-state index in [9.17, 15) is 13.2 Å². The molecule has 0 radical (unpaired) electrons. The number of benzene rings is 2. The van der Waals surface area contributed by atoms with Crippen molar-refractivity contribution < 1.29 is 22.7 Å². The maximum atomic E-state index is 13.2. The third kappa shape index (κ3) is 5.05. The fourth-order valence-corrected chi connectivity index (χ4v) is 6.20. The maximum absolute atomic E-state index is 13.2. The highest BCUT2D eigenvalue weighted by Crippen LogP contribution is 2.28. The average Bonchev–Trinajstić information content (AvgIpc) is 3.32. The average molecular weight is 487 g/mol. The van der Waals surface area contributed by atoms with Crippen LogP contribution >= 0.6 is 11.3 Å². The van der Waals surface area contributed by atoms with Crippen molar-refractivity contribution in [3.63, 3.8) is 0 Å². The molecule has 4 rings (SSSR count). The smallest absolute Gasteiger partial charge is 0.251 e. The number of thiophene rings is 1. The largest absolute Gasteiger partial charge is 0.497 e. The van der Waals surface area contributed by atoms with Crippen LogP contribution in [0.25, 0.3) is 0 Å². The van der Waals surface area contributed by atoms with Crippen molar-refractivity contribution in [3.05, 3.63) is 75.5 Å². The second kappa shape index (κ2) is 9.94. The first-order valence-corrected chi connectivity index (χ1v) is 12.9. The second-order valence-corrected chi connectivity index (χ2v) is 10.6. The van der Waals surface area contributed by atoms with E-state index in [0.29, 0.717) is 49.5 Å². The van der Waals surface area contributed by atoms with Crippen molar-refractivity contribution >= 4 is 27.3 Å². The Morgan fingerprint density at radius 3 is 2.76 bits per heavy atom. The van der Waals surface area contributed by atoms with E-state index in [1.165, 1.54) is 21.3 Å². The first-order chi connectivity index (χ1) is 15.9. The number of methoxy groups -OCH3 is 2. The molecule has 0 bridgehead atoms. The summed E-state index contributed by atoms with van der Waals surface area (Å²) in [6.07, 6.45) is 1.27. The maximum Gasteiger partial charge on any atom is 0.251 e. The Kier molecular flexibility index (Phi) is 7.02. The van der Waals surface area contributed by atoms with Gasteiger partial charge in [-0.1, -0.05) is 12.1 Å². The van der Waals surface area contributed by atoms with E-state index < -0.39 is 10.0 Å².